The molecule has 2 aromatic rings. The number of benzene rings is 1. The summed E-state index contributed by atoms with van der Waals surface area (Å²) in [6.07, 6.45) is 0.729. The normalized spacial score (nSPS) is 11.2. The molecule has 0 bridgehead atoms. The molecule has 2 rings (SSSR count). The molecule has 1 heterocycles. The summed E-state index contributed by atoms with van der Waals surface area (Å²) in [4.78, 5) is 8.50. The Morgan fingerprint density at radius 1 is 1.19 bits per heavy atom. The van der Waals surface area contributed by atoms with Crippen LogP contribution >= 0.6 is 11.6 Å². The monoisotopic (exact) mass is 312 g/mol. The molecule has 0 N–H and O–H groups in total. The average molecular weight is 313 g/mol. The number of alkyl halides is 2. The second kappa shape index (κ2) is 6.80. The SMILES string of the molecule is CC(C)Cc1cc(Cl)nc(-c2ccccc2OC(F)F)n1. The molecule has 1 aromatic heterocycles. The number of halogens is 3. The van der Waals surface area contributed by atoms with Crippen molar-refractivity contribution in [3.05, 3.63) is 41.2 Å². The minimum absolute atomic E-state index is 0.0327. The largest absolute Gasteiger partial charge is 0.434 e. The Balaban J connectivity index is 2.44. The Morgan fingerprint density at radius 2 is 1.90 bits per heavy atom. The second-order valence-corrected chi connectivity index (χ2v) is 5.37. The highest BCUT2D eigenvalue weighted by Gasteiger charge is 2.14. The lowest BCUT2D eigenvalue weighted by atomic mass is 10.1. The predicted molar refractivity (Wildman–Crippen MR) is 77.7 cm³/mol. The van der Waals surface area contributed by atoms with Crippen LogP contribution in [0.15, 0.2) is 30.3 Å². The van der Waals surface area contributed by atoms with E-state index in [2.05, 4.69) is 28.6 Å². The molecule has 21 heavy (non-hydrogen) atoms. The first kappa shape index (κ1) is 15.6. The molecule has 0 atom stereocenters. The van der Waals surface area contributed by atoms with Crippen LogP contribution in [0, 0.1) is 5.92 Å². The fraction of sp³-hybridized carbons (Fsp3) is 0.333. The number of rotatable bonds is 5. The van der Waals surface area contributed by atoms with Gasteiger partial charge >= 0.3 is 6.61 Å². The van der Waals surface area contributed by atoms with Crippen LogP contribution in [0.5, 0.6) is 5.75 Å². The number of aromatic nitrogens is 2. The summed E-state index contributed by atoms with van der Waals surface area (Å²) in [5.41, 5.74) is 1.16. The van der Waals surface area contributed by atoms with Gasteiger partial charge in [0.25, 0.3) is 0 Å². The van der Waals surface area contributed by atoms with Crippen molar-refractivity contribution >= 4 is 11.6 Å². The molecule has 6 heteroatoms. The fourth-order valence-electron chi connectivity index (χ4n) is 1.96. The maximum absolute atomic E-state index is 12.5. The molecule has 0 fully saturated rings. The molecular formula is C15H15ClF2N2O. The van der Waals surface area contributed by atoms with Gasteiger partial charge in [-0.15, -0.1) is 0 Å². The standard InChI is InChI=1S/C15H15ClF2N2O/c1-9(2)7-10-8-13(16)20-14(19-10)11-5-3-4-6-12(11)21-15(17)18/h3-6,8-9,15H,7H2,1-2H3. The van der Waals surface area contributed by atoms with Gasteiger partial charge in [-0.1, -0.05) is 37.6 Å². The van der Waals surface area contributed by atoms with E-state index in [0.29, 0.717) is 11.5 Å². The number of hydrogen-bond acceptors (Lipinski definition) is 3. The van der Waals surface area contributed by atoms with Crippen molar-refractivity contribution < 1.29 is 13.5 Å². The summed E-state index contributed by atoms with van der Waals surface area (Å²) in [6, 6.07) is 8.08. The van der Waals surface area contributed by atoms with Crippen LogP contribution in [-0.2, 0) is 6.42 Å². The molecule has 0 aliphatic carbocycles. The van der Waals surface area contributed by atoms with Gasteiger partial charge in [0.1, 0.15) is 10.9 Å². The van der Waals surface area contributed by atoms with E-state index >= 15 is 0 Å². The Kier molecular flexibility index (Phi) is 5.07. The Morgan fingerprint density at radius 3 is 2.57 bits per heavy atom. The van der Waals surface area contributed by atoms with Gasteiger partial charge in [-0.25, -0.2) is 9.97 Å². The van der Waals surface area contributed by atoms with E-state index in [1.165, 1.54) is 6.07 Å². The zero-order chi connectivity index (χ0) is 15.4. The van der Waals surface area contributed by atoms with E-state index in [1.807, 2.05) is 0 Å². The third kappa shape index (κ3) is 4.36. The van der Waals surface area contributed by atoms with Crippen molar-refractivity contribution in [2.75, 3.05) is 0 Å². The molecule has 0 saturated carbocycles. The quantitative estimate of drug-likeness (QED) is 0.757. The van der Waals surface area contributed by atoms with Gasteiger partial charge in [-0.05, 0) is 30.5 Å². The van der Waals surface area contributed by atoms with Gasteiger partial charge in [-0.3, -0.25) is 0 Å². The number of para-hydroxylation sites is 1. The van der Waals surface area contributed by atoms with Crippen LogP contribution in [0.4, 0.5) is 8.78 Å². The van der Waals surface area contributed by atoms with Crippen LogP contribution in [-0.4, -0.2) is 16.6 Å². The van der Waals surface area contributed by atoms with E-state index in [0.717, 1.165) is 12.1 Å². The highest BCUT2D eigenvalue weighted by atomic mass is 35.5. The molecule has 0 aliphatic rings. The van der Waals surface area contributed by atoms with E-state index in [1.54, 1.807) is 24.3 Å². The van der Waals surface area contributed by atoms with Gasteiger partial charge in [0.2, 0.25) is 0 Å². The van der Waals surface area contributed by atoms with Crippen molar-refractivity contribution in [2.24, 2.45) is 5.92 Å². The predicted octanol–water partition coefficient (Wildman–Crippen LogP) is 4.60. The Hall–Kier alpha value is -1.75. The van der Waals surface area contributed by atoms with Crippen LogP contribution in [0.25, 0.3) is 11.4 Å². The van der Waals surface area contributed by atoms with Crippen molar-refractivity contribution in [3.63, 3.8) is 0 Å². The summed E-state index contributed by atoms with van der Waals surface area (Å²) in [5.74, 6) is 0.719. The van der Waals surface area contributed by atoms with Gasteiger partial charge in [0.05, 0.1) is 5.56 Å². The summed E-state index contributed by atoms with van der Waals surface area (Å²) in [7, 11) is 0. The molecular weight excluding hydrogens is 298 g/mol. The van der Waals surface area contributed by atoms with E-state index in [4.69, 9.17) is 11.6 Å². The van der Waals surface area contributed by atoms with Gasteiger partial charge in [-0.2, -0.15) is 8.78 Å². The molecule has 0 spiro atoms. The first-order chi connectivity index (χ1) is 9.95. The van der Waals surface area contributed by atoms with Crippen LogP contribution in [0.3, 0.4) is 0 Å². The lowest BCUT2D eigenvalue weighted by Gasteiger charge is -2.11. The molecule has 0 saturated heterocycles. The number of ether oxygens (including phenoxy) is 1. The highest BCUT2D eigenvalue weighted by Crippen LogP contribution is 2.29. The summed E-state index contributed by atoms with van der Waals surface area (Å²) < 4.78 is 29.4. The zero-order valence-electron chi connectivity index (χ0n) is 11.7. The number of hydrogen-bond donors (Lipinski definition) is 0. The average Bonchev–Trinajstić information content (AvgIpc) is 2.37. The van der Waals surface area contributed by atoms with Crippen LogP contribution in [0.1, 0.15) is 19.5 Å². The molecule has 1 aromatic carbocycles. The van der Waals surface area contributed by atoms with E-state index in [9.17, 15) is 8.78 Å². The Labute approximate surface area is 127 Å². The van der Waals surface area contributed by atoms with Crippen molar-refractivity contribution in [1.29, 1.82) is 0 Å². The van der Waals surface area contributed by atoms with Gasteiger partial charge < -0.3 is 4.74 Å². The lowest BCUT2D eigenvalue weighted by Crippen LogP contribution is -2.05. The van der Waals surface area contributed by atoms with Crippen molar-refractivity contribution in [2.45, 2.75) is 26.9 Å². The molecule has 0 radical (unpaired) electrons. The molecule has 112 valence electrons. The number of nitrogens with zero attached hydrogens (tertiary/aromatic N) is 2. The third-order valence-corrected chi connectivity index (χ3v) is 2.90. The van der Waals surface area contributed by atoms with Crippen molar-refractivity contribution in [1.82, 2.24) is 9.97 Å². The maximum atomic E-state index is 12.5. The smallest absolute Gasteiger partial charge is 0.387 e. The second-order valence-electron chi connectivity index (χ2n) is 4.98. The molecule has 0 unspecified atom stereocenters. The first-order valence-electron chi connectivity index (χ1n) is 6.53. The summed E-state index contributed by atoms with van der Waals surface area (Å²) in [5, 5.41) is 0.280. The first-order valence-corrected chi connectivity index (χ1v) is 6.91. The third-order valence-electron chi connectivity index (χ3n) is 2.71. The summed E-state index contributed by atoms with van der Waals surface area (Å²) in [6.45, 7) is 1.22. The maximum Gasteiger partial charge on any atom is 0.387 e. The van der Waals surface area contributed by atoms with Gasteiger partial charge in [0, 0.05) is 5.69 Å². The minimum atomic E-state index is -2.90. The fourth-order valence-corrected chi connectivity index (χ4v) is 2.16. The van der Waals surface area contributed by atoms with Gasteiger partial charge in [0.15, 0.2) is 5.82 Å². The van der Waals surface area contributed by atoms with Crippen LogP contribution < -0.4 is 4.74 Å². The summed E-state index contributed by atoms with van der Waals surface area (Å²) >= 11 is 6.00. The lowest BCUT2D eigenvalue weighted by molar-refractivity contribution is -0.0494. The molecule has 0 amide bonds. The minimum Gasteiger partial charge on any atom is -0.434 e. The Bertz CT molecular complexity index is 620. The van der Waals surface area contributed by atoms with E-state index in [-0.39, 0.29) is 16.7 Å². The topological polar surface area (TPSA) is 35.0 Å². The molecule has 3 nitrogen and oxygen atoms in total. The molecule has 0 aliphatic heterocycles. The van der Waals surface area contributed by atoms with Crippen LogP contribution in [0.2, 0.25) is 5.15 Å². The van der Waals surface area contributed by atoms with Crippen molar-refractivity contribution in [3.8, 4) is 17.1 Å². The highest BCUT2D eigenvalue weighted by molar-refractivity contribution is 6.29. The zero-order valence-corrected chi connectivity index (χ0v) is 12.4. The van der Waals surface area contributed by atoms with E-state index < -0.39 is 6.61 Å².